The number of nitriles is 1. The lowest BCUT2D eigenvalue weighted by Gasteiger charge is -2.09. The van der Waals surface area contributed by atoms with Crippen LogP contribution in [-0.2, 0) is 0 Å². The Hall–Kier alpha value is -2.46. The second-order valence-corrected chi connectivity index (χ2v) is 4.61. The van der Waals surface area contributed by atoms with Gasteiger partial charge in [0.1, 0.15) is 5.56 Å². The average Bonchev–Trinajstić information content (AvgIpc) is 2.42. The van der Waals surface area contributed by atoms with Gasteiger partial charge in [0, 0.05) is 10.7 Å². The molecule has 0 saturated heterocycles. The van der Waals surface area contributed by atoms with Crippen LogP contribution in [0.4, 0.5) is 15.9 Å². The zero-order valence-corrected chi connectivity index (χ0v) is 11.5. The molecule has 100 valence electrons. The Morgan fingerprint density at radius 2 is 2.20 bits per heavy atom. The summed E-state index contributed by atoms with van der Waals surface area (Å²) in [5.74, 6) is -2.52. The van der Waals surface area contributed by atoms with Crippen molar-refractivity contribution in [2.24, 2.45) is 0 Å². The van der Waals surface area contributed by atoms with Crippen molar-refractivity contribution in [1.82, 2.24) is 4.98 Å². The topological polar surface area (TPSA) is 86.0 Å². The summed E-state index contributed by atoms with van der Waals surface area (Å²) in [4.78, 5) is 14.6. The van der Waals surface area contributed by atoms with Crippen molar-refractivity contribution >= 4 is 33.4 Å². The molecule has 0 radical (unpaired) electrons. The van der Waals surface area contributed by atoms with Gasteiger partial charge < -0.3 is 10.4 Å². The van der Waals surface area contributed by atoms with Crippen LogP contribution in [0.1, 0.15) is 15.9 Å². The average molecular weight is 336 g/mol. The zero-order chi connectivity index (χ0) is 14.7. The molecule has 0 saturated carbocycles. The van der Waals surface area contributed by atoms with Crippen LogP contribution in [0.25, 0.3) is 0 Å². The molecule has 0 aliphatic rings. The summed E-state index contributed by atoms with van der Waals surface area (Å²) in [5, 5.41) is 20.3. The Balaban J connectivity index is 2.38. The number of anilines is 2. The highest BCUT2D eigenvalue weighted by atomic mass is 79.9. The molecular weight excluding hydrogens is 329 g/mol. The summed E-state index contributed by atoms with van der Waals surface area (Å²) >= 11 is 3.24. The van der Waals surface area contributed by atoms with Crippen molar-refractivity contribution in [1.29, 1.82) is 5.26 Å². The van der Waals surface area contributed by atoms with E-state index in [1.807, 2.05) is 6.07 Å². The first-order valence-corrected chi connectivity index (χ1v) is 6.16. The van der Waals surface area contributed by atoms with Crippen molar-refractivity contribution in [3.8, 4) is 6.07 Å². The van der Waals surface area contributed by atoms with Crippen LogP contribution < -0.4 is 5.32 Å². The summed E-state index contributed by atoms with van der Waals surface area (Å²) in [6.45, 7) is 0. The highest BCUT2D eigenvalue weighted by Crippen LogP contribution is 2.27. The standard InChI is InChI=1S/C13H7BrFN3O2/c14-9-5-7(6-16)1-2-10(9)18-12-11(15)8(13(19)20)3-4-17-12/h1-5H,(H,17,18)(H,19,20). The molecule has 0 aliphatic heterocycles. The molecular formula is C13H7BrFN3O2. The fourth-order valence-electron chi connectivity index (χ4n) is 1.51. The first-order valence-electron chi connectivity index (χ1n) is 5.37. The molecule has 0 bridgehead atoms. The molecule has 0 amide bonds. The Morgan fingerprint density at radius 1 is 1.45 bits per heavy atom. The lowest BCUT2D eigenvalue weighted by molar-refractivity contribution is 0.0692. The van der Waals surface area contributed by atoms with E-state index in [1.165, 1.54) is 6.20 Å². The fourth-order valence-corrected chi connectivity index (χ4v) is 1.99. The second-order valence-electron chi connectivity index (χ2n) is 3.76. The molecule has 0 atom stereocenters. The van der Waals surface area contributed by atoms with Crippen LogP contribution in [0.3, 0.4) is 0 Å². The van der Waals surface area contributed by atoms with E-state index in [0.29, 0.717) is 15.7 Å². The number of aromatic nitrogens is 1. The van der Waals surface area contributed by atoms with Crippen LogP contribution in [0.5, 0.6) is 0 Å². The molecule has 1 aromatic heterocycles. The molecule has 5 nitrogen and oxygen atoms in total. The van der Waals surface area contributed by atoms with E-state index in [0.717, 1.165) is 6.07 Å². The van der Waals surface area contributed by atoms with Gasteiger partial charge >= 0.3 is 5.97 Å². The van der Waals surface area contributed by atoms with E-state index in [4.69, 9.17) is 10.4 Å². The van der Waals surface area contributed by atoms with Gasteiger partial charge in [-0.15, -0.1) is 0 Å². The van der Waals surface area contributed by atoms with E-state index < -0.39 is 17.3 Å². The van der Waals surface area contributed by atoms with Gasteiger partial charge in [0.25, 0.3) is 0 Å². The number of nitrogens with zero attached hydrogens (tertiary/aromatic N) is 2. The van der Waals surface area contributed by atoms with E-state index in [9.17, 15) is 9.18 Å². The van der Waals surface area contributed by atoms with Gasteiger partial charge in [-0.3, -0.25) is 0 Å². The molecule has 20 heavy (non-hydrogen) atoms. The van der Waals surface area contributed by atoms with Crippen LogP contribution in [-0.4, -0.2) is 16.1 Å². The highest BCUT2D eigenvalue weighted by Gasteiger charge is 2.15. The predicted molar refractivity (Wildman–Crippen MR) is 73.3 cm³/mol. The number of halogens is 2. The largest absolute Gasteiger partial charge is 0.478 e. The van der Waals surface area contributed by atoms with Gasteiger partial charge in [-0.05, 0) is 40.2 Å². The number of carboxylic acid groups (broad SMARTS) is 1. The smallest absolute Gasteiger partial charge is 0.338 e. The molecule has 1 aromatic carbocycles. The van der Waals surface area contributed by atoms with Crippen molar-refractivity contribution < 1.29 is 14.3 Å². The number of carboxylic acids is 1. The van der Waals surface area contributed by atoms with Gasteiger partial charge in [-0.1, -0.05) is 0 Å². The monoisotopic (exact) mass is 335 g/mol. The lowest BCUT2D eigenvalue weighted by atomic mass is 10.2. The van der Waals surface area contributed by atoms with E-state index >= 15 is 0 Å². The number of aromatic carboxylic acids is 1. The molecule has 0 spiro atoms. The molecule has 7 heteroatoms. The summed E-state index contributed by atoms with van der Waals surface area (Å²) in [5.41, 5.74) is 0.445. The number of benzene rings is 1. The maximum absolute atomic E-state index is 13.9. The summed E-state index contributed by atoms with van der Waals surface area (Å²) in [6.07, 6.45) is 1.20. The molecule has 2 N–H and O–H groups in total. The molecule has 2 rings (SSSR count). The highest BCUT2D eigenvalue weighted by molar-refractivity contribution is 9.10. The van der Waals surface area contributed by atoms with Crippen LogP contribution in [0.2, 0.25) is 0 Å². The van der Waals surface area contributed by atoms with Gasteiger partial charge in [0.05, 0.1) is 17.3 Å². The third kappa shape index (κ3) is 2.75. The van der Waals surface area contributed by atoms with Crippen molar-refractivity contribution in [2.45, 2.75) is 0 Å². The molecule has 2 aromatic rings. The maximum atomic E-state index is 13.9. The van der Waals surface area contributed by atoms with Crippen LogP contribution >= 0.6 is 15.9 Å². The number of carbonyl (C=O) groups is 1. The number of pyridine rings is 1. The van der Waals surface area contributed by atoms with Crippen LogP contribution in [0.15, 0.2) is 34.9 Å². The normalized spacial score (nSPS) is 9.85. The Morgan fingerprint density at radius 3 is 2.80 bits per heavy atom. The summed E-state index contributed by atoms with van der Waals surface area (Å²) in [6, 6.07) is 7.72. The minimum Gasteiger partial charge on any atom is -0.478 e. The van der Waals surface area contributed by atoms with E-state index in [-0.39, 0.29) is 5.82 Å². The number of hydrogen-bond donors (Lipinski definition) is 2. The minimum atomic E-state index is -1.37. The Bertz CT molecular complexity index is 728. The molecule has 0 fully saturated rings. The lowest BCUT2D eigenvalue weighted by Crippen LogP contribution is -2.05. The Kier molecular flexibility index (Phi) is 3.96. The summed E-state index contributed by atoms with van der Waals surface area (Å²) < 4.78 is 14.5. The van der Waals surface area contributed by atoms with Gasteiger partial charge in [-0.2, -0.15) is 5.26 Å². The van der Waals surface area contributed by atoms with Crippen molar-refractivity contribution in [2.75, 3.05) is 5.32 Å². The first kappa shape index (κ1) is 14.0. The summed E-state index contributed by atoms with van der Waals surface area (Å²) in [7, 11) is 0. The number of rotatable bonds is 3. The van der Waals surface area contributed by atoms with Gasteiger partial charge in [0.2, 0.25) is 0 Å². The van der Waals surface area contributed by atoms with Gasteiger partial charge in [0.15, 0.2) is 11.6 Å². The molecule has 0 aliphatic carbocycles. The third-order valence-electron chi connectivity index (χ3n) is 2.47. The fraction of sp³-hybridized carbons (Fsp3) is 0. The maximum Gasteiger partial charge on any atom is 0.338 e. The van der Waals surface area contributed by atoms with Gasteiger partial charge in [-0.25, -0.2) is 14.2 Å². The Labute approximate surface area is 121 Å². The quantitative estimate of drug-likeness (QED) is 0.898. The second kappa shape index (κ2) is 5.67. The number of hydrogen-bond acceptors (Lipinski definition) is 4. The third-order valence-corrected chi connectivity index (χ3v) is 3.13. The van der Waals surface area contributed by atoms with E-state index in [1.54, 1.807) is 18.2 Å². The number of nitrogens with one attached hydrogen (secondary N) is 1. The first-order chi connectivity index (χ1) is 9.52. The van der Waals surface area contributed by atoms with Crippen molar-refractivity contribution in [3.05, 3.63) is 51.9 Å². The molecule has 0 unspecified atom stereocenters. The van der Waals surface area contributed by atoms with Crippen LogP contribution in [0, 0.1) is 17.1 Å². The van der Waals surface area contributed by atoms with E-state index in [2.05, 4.69) is 26.2 Å². The van der Waals surface area contributed by atoms with Crippen molar-refractivity contribution in [3.63, 3.8) is 0 Å². The minimum absolute atomic E-state index is 0.199. The molecule has 1 heterocycles. The predicted octanol–water partition coefficient (Wildman–Crippen LogP) is 3.30. The SMILES string of the molecule is N#Cc1ccc(Nc2nccc(C(=O)O)c2F)c(Br)c1. The zero-order valence-electron chi connectivity index (χ0n) is 9.89.